The second kappa shape index (κ2) is 92.7. The predicted octanol–water partition coefficient (Wildman–Crippen LogP) is 16.3. The Hall–Kier alpha value is -7.18. The first-order valence-corrected chi connectivity index (χ1v) is 55.3. The average molecular weight is 2100 g/mol. The van der Waals surface area contributed by atoms with Crippen LogP contribution in [0.4, 0.5) is 33.6 Å². The molecule has 5 unspecified atom stereocenters. The lowest BCUT2D eigenvalue weighted by Crippen LogP contribution is -2.39. The molecule has 0 aliphatic rings. The summed E-state index contributed by atoms with van der Waals surface area (Å²) < 4.78 is 78.4. The van der Waals surface area contributed by atoms with Gasteiger partial charge in [-0.1, -0.05) is 194 Å². The van der Waals surface area contributed by atoms with E-state index in [-0.39, 0.29) is 97.9 Å². The van der Waals surface area contributed by atoms with Crippen LogP contribution in [0.2, 0.25) is 0 Å². The van der Waals surface area contributed by atoms with Crippen molar-refractivity contribution in [1.82, 2.24) is 56.8 Å². The fourth-order valence-corrected chi connectivity index (χ4v) is 14.7. The SMILES string of the molecule is CCCCCCCCCCCCCCCCCC(=O)OC(COCC(COC(=O)CCCCN(C)CCCNC(=O)OC(C)(C)C)OC(=O)NCCCN(C)CCCNC(=O)OC(C)(C)C)COCC(COC(=O)NCCCN(C)CCCNC(=O)OC(C)(C)C)OC(=O)NCCCN(C)CCCNC(=O)OC(C)(C)C.CCCCCCCCCCCCCCCCCC(=O)OC(COCC(O)CO)COCC(O)CO. The molecule has 860 valence electrons. The summed E-state index contributed by atoms with van der Waals surface area (Å²) in [4.78, 5) is 136. The van der Waals surface area contributed by atoms with E-state index in [0.717, 1.165) is 44.9 Å². The Morgan fingerprint density at radius 2 is 0.432 bits per heavy atom. The van der Waals surface area contributed by atoms with Crippen LogP contribution in [0.25, 0.3) is 0 Å². The molecule has 39 heteroatoms. The van der Waals surface area contributed by atoms with Crippen LogP contribution in [0, 0.1) is 0 Å². The van der Waals surface area contributed by atoms with Gasteiger partial charge < -0.3 is 144 Å². The van der Waals surface area contributed by atoms with Gasteiger partial charge in [0.25, 0.3) is 0 Å². The van der Waals surface area contributed by atoms with E-state index < -0.39 is 133 Å². The number of ether oxygens (including phenoxy) is 14. The third-order valence-electron chi connectivity index (χ3n) is 22.5. The summed E-state index contributed by atoms with van der Waals surface area (Å²) in [5.74, 6) is -1.32. The molecular formula is C107H209N11O28. The highest BCUT2D eigenvalue weighted by atomic mass is 16.6. The summed E-state index contributed by atoms with van der Waals surface area (Å²) in [6, 6.07) is 0. The minimum Gasteiger partial charge on any atom is -0.462 e. The molecule has 0 aromatic rings. The van der Waals surface area contributed by atoms with Gasteiger partial charge >= 0.3 is 60.6 Å². The van der Waals surface area contributed by atoms with Crippen LogP contribution in [-0.4, -0.2) is 365 Å². The van der Waals surface area contributed by atoms with Crippen LogP contribution in [0.5, 0.6) is 0 Å². The van der Waals surface area contributed by atoms with Gasteiger partial charge in [-0.05, 0) is 234 Å². The highest BCUT2D eigenvalue weighted by Gasteiger charge is 2.27. The zero-order valence-electron chi connectivity index (χ0n) is 94.1. The lowest BCUT2D eigenvalue weighted by molar-refractivity contribution is -0.159. The predicted molar refractivity (Wildman–Crippen MR) is 568 cm³/mol. The van der Waals surface area contributed by atoms with Gasteiger partial charge in [0.1, 0.15) is 60.0 Å². The molecule has 0 heterocycles. The fraction of sp³-hybridized carbons (Fsp3) is 0.907. The molecule has 11 N–H and O–H groups in total. The van der Waals surface area contributed by atoms with Gasteiger partial charge in [-0.15, -0.1) is 0 Å². The number of carbonyl (C=O) groups is 10. The summed E-state index contributed by atoms with van der Waals surface area (Å²) in [5.41, 5.74) is -2.39. The second-order valence-corrected chi connectivity index (χ2v) is 42.4. The standard InChI is InChI=1S/C80H155N11O20.C27H54O8/c1-18-19-20-21-22-23-24-25-26-27-28-29-30-31-32-43-69(93)105-65(59-101-61-66(106-71(95)82-45-36-54-90(16)57-40-49-86-75(99)110-79(8,9)10)63-103-68(92)42-33-34-51-88(14)52-38-47-84-73(97)108-77(2,3)4)60-102-62-67(107-72(96)83-46-37-55-91(17)58-41-50-87-76(100)111-80(11,12)13)64-104-70(94)81-44-35-53-89(15)56-39-48-85-74(98)109-78(5,6)7;1-2-3-4-5-6-7-8-9-10-11-12-13-14-15-16-17-27(32)35-26(22-33-20-24(30)18-28)23-34-21-25(31)19-29/h65-67H,18-64H2,1-17H3,(H,81,94)(H,82,95)(H,83,96)(H,84,97)(H,85,98)(H,86,99)(H,87,100);24-26,28-31H,2-23H2,1H3. The normalized spacial score (nSPS) is 13.0. The smallest absolute Gasteiger partial charge is 0.407 e. The molecule has 0 aliphatic carbocycles. The maximum atomic E-state index is 13.7. The number of alkyl carbamates (subject to hydrolysis) is 7. The van der Waals surface area contributed by atoms with Crippen molar-refractivity contribution in [3.8, 4) is 0 Å². The summed E-state index contributed by atoms with van der Waals surface area (Å²) in [6.07, 6.45) is 32.6. The van der Waals surface area contributed by atoms with Crippen LogP contribution in [-0.2, 0) is 80.7 Å². The number of hydrogen-bond donors (Lipinski definition) is 11. The Morgan fingerprint density at radius 1 is 0.233 bits per heavy atom. The van der Waals surface area contributed by atoms with Gasteiger partial charge in [0, 0.05) is 65.1 Å². The maximum Gasteiger partial charge on any atom is 0.407 e. The number of carbonyl (C=O) groups excluding carboxylic acids is 10. The minimum absolute atomic E-state index is 0.0108. The first-order valence-electron chi connectivity index (χ1n) is 55.3. The Labute approximate surface area is 879 Å². The summed E-state index contributed by atoms with van der Waals surface area (Å²) >= 11 is 0. The highest BCUT2D eigenvalue weighted by Crippen LogP contribution is 2.20. The minimum atomic E-state index is -1.13. The Morgan fingerprint density at radius 3 is 0.678 bits per heavy atom. The summed E-state index contributed by atoms with van der Waals surface area (Å²) in [5, 5.41) is 55.7. The topological polar surface area (TPSA) is 478 Å². The number of rotatable bonds is 91. The lowest BCUT2D eigenvalue weighted by atomic mass is 10.0. The maximum absolute atomic E-state index is 13.7. The third kappa shape index (κ3) is 103. The van der Waals surface area contributed by atoms with E-state index in [1.807, 2.05) is 28.2 Å². The fourth-order valence-electron chi connectivity index (χ4n) is 14.7. The first-order chi connectivity index (χ1) is 69.4. The van der Waals surface area contributed by atoms with Crippen molar-refractivity contribution < 1.29 is 135 Å². The van der Waals surface area contributed by atoms with Crippen LogP contribution in [0.3, 0.4) is 0 Å². The van der Waals surface area contributed by atoms with Crippen molar-refractivity contribution in [3.63, 3.8) is 0 Å². The monoisotopic (exact) mass is 2100 g/mol. The molecule has 39 nitrogen and oxygen atoms in total. The second-order valence-electron chi connectivity index (χ2n) is 42.4. The number of aliphatic hydroxyl groups excluding tert-OH is 4. The summed E-state index contributed by atoms with van der Waals surface area (Å²) in [6.45, 7) is 31.2. The Balaban J connectivity index is 0. The van der Waals surface area contributed by atoms with Gasteiger partial charge in [0.05, 0.1) is 66.1 Å². The van der Waals surface area contributed by atoms with E-state index in [2.05, 4.69) is 70.7 Å². The summed E-state index contributed by atoms with van der Waals surface area (Å²) in [7, 11) is 7.77. The van der Waals surface area contributed by atoms with Gasteiger partial charge in [-0.25, -0.2) is 33.6 Å². The zero-order chi connectivity index (χ0) is 109. The van der Waals surface area contributed by atoms with Gasteiger partial charge in [-0.3, -0.25) is 14.4 Å². The highest BCUT2D eigenvalue weighted by molar-refractivity contribution is 5.72. The number of hydrogen-bond acceptors (Lipinski definition) is 32. The molecule has 0 radical (unpaired) electrons. The number of nitrogens with zero attached hydrogens (tertiary/aromatic N) is 4. The molecule has 0 bridgehead atoms. The molecule has 0 saturated carbocycles. The first kappa shape index (κ1) is 141. The third-order valence-corrected chi connectivity index (χ3v) is 22.5. The number of nitrogens with one attached hydrogen (secondary N) is 7. The molecule has 0 rings (SSSR count). The lowest BCUT2D eigenvalue weighted by Gasteiger charge is -2.23. The molecule has 0 fully saturated rings. The van der Waals surface area contributed by atoms with Gasteiger partial charge in [0.15, 0.2) is 12.2 Å². The van der Waals surface area contributed by atoms with E-state index >= 15 is 0 Å². The molecular weight excluding hydrogens is 1890 g/mol. The van der Waals surface area contributed by atoms with Crippen molar-refractivity contribution in [2.75, 3.05) is 206 Å². The number of esters is 3. The van der Waals surface area contributed by atoms with E-state index in [4.69, 9.17) is 76.5 Å². The molecule has 0 spiro atoms. The molecule has 0 saturated heterocycles. The zero-order valence-corrected chi connectivity index (χ0v) is 94.1. The van der Waals surface area contributed by atoms with Gasteiger partial charge in [-0.2, -0.15) is 0 Å². The molecule has 0 aromatic carbocycles. The number of unbranched alkanes of at least 4 members (excludes halogenated alkanes) is 29. The molecule has 5 atom stereocenters. The van der Waals surface area contributed by atoms with Crippen molar-refractivity contribution in [1.29, 1.82) is 0 Å². The number of amides is 7. The van der Waals surface area contributed by atoms with Crippen LogP contribution in [0.1, 0.15) is 367 Å². The van der Waals surface area contributed by atoms with Crippen LogP contribution in [0.15, 0.2) is 0 Å². The Bertz CT molecular complexity index is 3050. The molecule has 146 heavy (non-hydrogen) atoms. The van der Waals surface area contributed by atoms with E-state index in [0.29, 0.717) is 149 Å². The van der Waals surface area contributed by atoms with Crippen molar-refractivity contribution >= 4 is 60.6 Å². The van der Waals surface area contributed by atoms with E-state index in [1.165, 1.54) is 141 Å². The van der Waals surface area contributed by atoms with Crippen molar-refractivity contribution in [3.05, 3.63) is 0 Å². The van der Waals surface area contributed by atoms with Crippen molar-refractivity contribution in [2.45, 2.75) is 426 Å². The molecule has 0 aromatic heterocycles. The van der Waals surface area contributed by atoms with Crippen LogP contribution < -0.4 is 37.2 Å². The Kier molecular flexibility index (Phi) is 89.4. The van der Waals surface area contributed by atoms with Crippen molar-refractivity contribution in [2.24, 2.45) is 0 Å². The molecule has 7 amide bonds. The largest absolute Gasteiger partial charge is 0.462 e. The van der Waals surface area contributed by atoms with Gasteiger partial charge in [0.2, 0.25) is 0 Å². The quantitative estimate of drug-likeness (QED) is 0.0153. The van der Waals surface area contributed by atoms with Crippen LogP contribution >= 0.6 is 0 Å². The molecule has 0 aliphatic heterocycles. The number of aliphatic hydroxyl groups is 4. The van der Waals surface area contributed by atoms with E-state index in [9.17, 15) is 58.2 Å². The van der Waals surface area contributed by atoms with E-state index in [1.54, 1.807) is 83.1 Å². The average Bonchev–Trinajstić information content (AvgIpc) is 0.969.